The first-order chi connectivity index (χ1) is 9.73. The van der Waals surface area contributed by atoms with Crippen LogP contribution in [0.3, 0.4) is 0 Å². The fourth-order valence-electron chi connectivity index (χ4n) is 2.04. The van der Waals surface area contributed by atoms with E-state index in [-0.39, 0.29) is 0 Å². The molecule has 0 fully saturated rings. The van der Waals surface area contributed by atoms with Gasteiger partial charge in [-0.25, -0.2) is 9.59 Å². The number of carbonyl (C=O) groups is 2. The normalized spacial score (nSPS) is 20.8. The van der Waals surface area contributed by atoms with Crippen LogP contribution in [0.2, 0.25) is 0 Å². The fourth-order valence-corrected chi connectivity index (χ4v) is 2.04. The zero-order valence-corrected chi connectivity index (χ0v) is 12.2. The van der Waals surface area contributed by atoms with E-state index in [1.807, 2.05) is 0 Å². The van der Waals surface area contributed by atoms with E-state index in [0.29, 0.717) is 5.56 Å². The van der Waals surface area contributed by atoms with Crippen LogP contribution in [0, 0.1) is 0 Å². The van der Waals surface area contributed by atoms with Gasteiger partial charge in [0.15, 0.2) is 6.10 Å². The molecule has 2 atom stereocenters. The molecule has 5 nitrogen and oxygen atoms in total. The summed E-state index contributed by atoms with van der Waals surface area (Å²) >= 11 is 0. The molecular formula is C16H18O5. The summed E-state index contributed by atoms with van der Waals surface area (Å²) in [5.41, 5.74) is -2.53. The lowest BCUT2D eigenvalue weighted by atomic mass is 9.88. The first-order valence-electron chi connectivity index (χ1n) is 6.63. The monoisotopic (exact) mass is 290 g/mol. The molecule has 0 aliphatic carbocycles. The van der Waals surface area contributed by atoms with E-state index in [1.165, 1.54) is 12.2 Å². The summed E-state index contributed by atoms with van der Waals surface area (Å²) in [6.07, 6.45) is 1.43. The van der Waals surface area contributed by atoms with E-state index in [2.05, 4.69) is 0 Å². The molecule has 0 saturated carbocycles. The second-order valence-corrected chi connectivity index (χ2v) is 5.85. The zero-order valence-electron chi connectivity index (χ0n) is 12.2. The van der Waals surface area contributed by atoms with Gasteiger partial charge in [0.2, 0.25) is 5.60 Å². The van der Waals surface area contributed by atoms with Gasteiger partial charge in [0.1, 0.15) is 5.60 Å². The summed E-state index contributed by atoms with van der Waals surface area (Å²) in [7, 11) is 0. The maximum Gasteiger partial charge on any atom is 0.347 e. The SMILES string of the molecule is CC(C)(C)OC(=O)[C@](O)(c1ccccc1)[C@H]1C=CC(=O)O1. The molecule has 0 bridgehead atoms. The summed E-state index contributed by atoms with van der Waals surface area (Å²) in [5.74, 6) is -1.46. The summed E-state index contributed by atoms with van der Waals surface area (Å²) in [6, 6.07) is 8.31. The summed E-state index contributed by atoms with van der Waals surface area (Å²) in [5, 5.41) is 10.9. The summed E-state index contributed by atoms with van der Waals surface area (Å²) in [6.45, 7) is 5.10. The molecule has 1 heterocycles. The van der Waals surface area contributed by atoms with Crippen molar-refractivity contribution in [3.63, 3.8) is 0 Å². The number of rotatable bonds is 3. The van der Waals surface area contributed by atoms with Crippen molar-refractivity contribution >= 4 is 11.9 Å². The second kappa shape index (κ2) is 5.33. The van der Waals surface area contributed by atoms with Crippen LogP contribution in [0.4, 0.5) is 0 Å². The Labute approximate surface area is 123 Å². The molecule has 1 aromatic rings. The molecule has 0 aromatic heterocycles. The molecule has 0 radical (unpaired) electrons. The minimum absolute atomic E-state index is 0.309. The molecule has 21 heavy (non-hydrogen) atoms. The third-order valence-electron chi connectivity index (χ3n) is 2.99. The van der Waals surface area contributed by atoms with Crippen molar-refractivity contribution in [1.29, 1.82) is 0 Å². The Balaban J connectivity index is 2.42. The van der Waals surface area contributed by atoms with Crippen molar-refractivity contribution in [2.45, 2.75) is 38.1 Å². The van der Waals surface area contributed by atoms with Crippen molar-refractivity contribution in [2.24, 2.45) is 0 Å². The van der Waals surface area contributed by atoms with Crippen LogP contribution in [0.25, 0.3) is 0 Å². The van der Waals surface area contributed by atoms with Gasteiger partial charge in [-0.1, -0.05) is 30.3 Å². The first kappa shape index (κ1) is 15.3. The Kier molecular flexibility index (Phi) is 3.87. The Morgan fingerprint density at radius 2 is 1.86 bits per heavy atom. The Hall–Kier alpha value is -2.14. The molecule has 112 valence electrons. The fraction of sp³-hybridized carbons (Fsp3) is 0.375. The molecule has 1 aliphatic heterocycles. The third kappa shape index (κ3) is 3.13. The topological polar surface area (TPSA) is 72.8 Å². The quantitative estimate of drug-likeness (QED) is 0.858. The van der Waals surface area contributed by atoms with E-state index < -0.39 is 29.2 Å². The molecule has 5 heteroatoms. The maximum atomic E-state index is 12.5. The Morgan fingerprint density at radius 3 is 2.33 bits per heavy atom. The molecule has 1 aliphatic rings. The van der Waals surface area contributed by atoms with Crippen molar-refractivity contribution in [3.05, 3.63) is 48.0 Å². The number of cyclic esters (lactones) is 1. The Bertz CT molecular complexity index is 570. The lowest BCUT2D eigenvalue weighted by Crippen LogP contribution is -2.49. The predicted molar refractivity (Wildman–Crippen MR) is 75.2 cm³/mol. The summed E-state index contributed by atoms with van der Waals surface area (Å²) in [4.78, 5) is 23.7. The van der Waals surface area contributed by atoms with Crippen molar-refractivity contribution in [3.8, 4) is 0 Å². The van der Waals surface area contributed by atoms with Gasteiger partial charge < -0.3 is 14.6 Å². The van der Waals surface area contributed by atoms with Gasteiger partial charge in [-0.3, -0.25) is 0 Å². The van der Waals surface area contributed by atoms with Gasteiger partial charge in [0, 0.05) is 6.08 Å². The molecule has 1 aromatic carbocycles. The van der Waals surface area contributed by atoms with Gasteiger partial charge in [0.25, 0.3) is 0 Å². The highest BCUT2D eigenvalue weighted by Crippen LogP contribution is 2.33. The minimum Gasteiger partial charge on any atom is -0.457 e. The lowest BCUT2D eigenvalue weighted by molar-refractivity contribution is -0.191. The molecule has 0 spiro atoms. The van der Waals surface area contributed by atoms with E-state index in [9.17, 15) is 14.7 Å². The number of esters is 2. The van der Waals surface area contributed by atoms with Crippen LogP contribution in [0.15, 0.2) is 42.5 Å². The number of benzene rings is 1. The first-order valence-corrected chi connectivity index (χ1v) is 6.63. The zero-order chi connectivity index (χ0) is 15.7. The number of aliphatic hydroxyl groups is 1. The van der Waals surface area contributed by atoms with Gasteiger partial charge in [-0.15, -0.1) is 0 Å². The van der Waals surface area contributed by atoms with Crippen molar-refractivity contribution in [1.82, 2.24) is 0 Å². The third-order valence-corrected chi connectivity index (χ3v) is 2.99. The molecule has 0 amide bonds. The second-order valence-electron chi connectivity index (χ2n) is 5.85. The average Bonchev–Trinajstić information content (AvgIpc) is 2.84. The molecular weight excluding hydrogens is 272 g/mol. The van der Waals surface area contributed by atoms with Gasteiger partial charge in [-0.2, -0.15) is 0 Å². The van der Waals surface area contributed by atoms with Crippen LogP contribution in [0.1, 0.15) is 26.3 Å². The molecule has 2 rings (SSSR count). The van der Waals surface area contributed by atoms with Crippen LogP contribution in [-0.4, -0.2) is 28.8 Å². The molecule has 1 N–H and O–H groups in total. The standard InChI is InChI=1S/C16H18O5/c1-15(2,3)21-14(18)16(19,11-7-5-4-6-8-11)12-9-10-13(17)20-12/h4-10,12,19H,1-3H3/t12-,16+/m1/s1. The number of carbonyl (C=O) groups excluding carboxylic acids is 2. The van der Waals surface area contributed by atoms with Crippen molar-refractivity contribution < 1.29 is 24.2 Å². The number of hydrogen-bond acceptors (Lipinski definition) is 5. The largest absolute Gasteiger partial charge is 0.457 e. The van der Waals surface area contributed by atoms with Gasteiger partial charge >= 0.3 is 11.9 Å². The van der Waals surface area contributed by atoms with E-state index in [4.69, 9.17) is 9.47 Å². The predicted octanol–water partition coefficient (Wildman–Crippen LogP) is 1.70. The van der Waals surface area contributed by atoms with Crippen LogP contribution in [-0.2, 0) is 24.7 Å². The highest BCUT2D eigenvalue weighted by molar-refractivity contribution is 5.88. The minimum atomic E-state index is -2.07. The van der Waals surface area contributed by atoms with Gasteiger partial charge in [-0.05, 0) is 32.4 Å². The average molecular weight is 290 g/mol. The van der Waals surface area contributed by atoms with E-state index >= 15 is 0 Å². The number of ether oxygens (including phenoxy) is 2. The molecule has 0 unspecified atom stereocenters. The summed E-state index contributed by atoms with van der Waals surface area (Å²) < 4.78 is 10.3. The Morgan fingerprint density at radius 1 is 1.24 bits per heavy atom. The maximum absolute atomic E-state index is 12.5. The van der Waals surface area contributed by atoms with Crippen molar-refractivity contribution in [2.75, 3.05) is 0 Å². The van der Waals surface area contributed by atoms with E-state index in [0.717, 1.165) is 0 Å². The smallest absolute Gasteiger partial charge is 0.347 e. The lowest BCUT2D eigenvalue weighted by Gasteiger charge is -2.33. The molecule has 0 saturated heterocycles. The van der Waals surface area contributed by atoms with E-state index in [1.54, 1.807) is 51.1 Å². The highest BCUT2D eigenvalue weighted by Gasteiger charge is 2.50. The van der Waals surface area contributed by atoms with Gasteiger partial charge in [0.05, 0.1) is 0 Å². The highest BCUT2D eigenvalue weighted by atomic mass is 16.6. The number of hydrogen-bond donors (Lipinski definition) is 1. The van der Waals surface area contributed by atoms with Crippen LogP contribution in [0.5, 0.6) is 0 Å². The van der Waals surface area contributed by atoms with Crippen LogP contribution < -0.4 is 0 Å². The van der Waals surface area contributed by atoms with Crippen LogP contribution >= 0.6 is 0 Å².